The zero-order chi connectivity index (χ0) is 17.1. The molecule has 0 aliphatic carbocycles. The topological polar surface area (TPSA) is 29.5 Å². The molecule has 0 unspecified atom stereocenters. The van der Waals surface area contributed by atoms with Gasteiger partial charge >= 0.3 is 5.97 Å². The van der Waals surface area contributed by atoms with E-state index in [1.54, 1.807) is 12.1 Å². The lowest BCUT2D eigenvalue weighted by Crippen LogP contribution is -2.39. The number of halogens is 3. The summed E-state index contributed by atoms with van der Waals surface area (Å²) in [4.78, 5) is 13.8. The first-order chi connectivity index (χ1) is 11.5. The molecule has 0 amide bonds. The summed E-state index contributed by atoms with van der Waals surface area (Å²) in [6.07, 6.45) is -2.57. The maximum absolute atomic E-state index is 12.8. The lowest BCUT2D eigenvalue weighted by molar-refractivity contribution is -0.133. The monoisotopic (exact) mass is 369 g/mol. The minimum absolute atomic E-state index is 0.232. The molecule has 3 nitrogen and oxygen atoms in total. The van der Waals surface area contributed by atoms with Crippen molar-refractivity contribution in [1.29, 1.82) is 0 Å². The van der Waals surface area contributed by atoms with E-state index in [0.717, 1.165) is 5.56 Å². The van der Waals surface area contributed by atoms with Crippen molar-refractivity contribution in [3.8, 4) is 5.75 Å². The van der Waals surface area contributed by atoms with Crippen molar-refractivity contribution < 1.29 is 18.3 Å². The van der Waals surface area contributed by atoms with Gasteiger partial charge in [0.25, 0.3) is 6.43 Å². The summed E-state index contributed by atoms with van der Waals surface area (Å²) in [5.41, 5.74) is 1.47. The third kappa shape index (κ3) is 3.82. The van der Waals surface area contributed by atoms with E-state index in [2.05, 4.69) is 0 Å². The maximum Gasteiger partial charge on any atom is 0.331 e. The van der Waals surface area contributed by atoms with Gasteiger partial charge in [0.1, 0.15) is 12.2 Å². The fourth-order valence-corrected chi connectivity index (χ4v) is 3.69. The lowest BCUT2D eigenvalue weighted by Gasteiger charge is -2.31. The number of rotatable bonds is 5. The highest BCUT2D eigenvalue weighted by Crippen LogP contribution is 2.45. The van der Waals surface area contributed by atoms with Gasteiger partial charge in [0.2, 0.25) is 0 Å². The second-order valence-electron chi connectivity index (χ2n) is 5.24. The van der Waals surface area contributed by atoms with Crippen LogP contribution in [0.1, 0.15) is 5.56 Å². The van der Waals surface area contributed by atoms with Crippen LogP contribution in [0, 0.1) is 0 Å². The van der Waals surface area contributed by atoms with Crippen molar-refractivity contribution in [2.24, 2.45) is 0 Å². The Morgan fingerprint density at radius 1 is 1.21 bits per heavy atom. The van der Waals surface area contributed by atoms with E-state index in [1.807, 2.05) is 30.3 Å². The van der Waals surface area contributed by atoms with Gasteiger partial charge in [-0.1, -0.05) is 41.9 Å². The fraction of sp³-hybridized carbons (Fsp3) is 0.235. The van der Waals surface area contributed by atoms with Gasteiger partial charge in [0, 0.05) is 5.75 Å². The van der Waals surface area contributed by atoms with Crippen molar-refractivity contribution >= 4 is 35.0 Å². The van der Waals surface area contributed by atoms with Crippen LogP contribution in [0.2, 0.25) is 5.02 Å². The number of ether oxygens (including phenoxy) is 1. The molecule has 0 fully saturated rings. The van der Waals surface area contributed by atoms with Gasteiger partial charge in [-0.3, -0.25) is 0 Å². The maximum atomic E-state index is 12.8. The molecule has 0 saturated heterocycles. The molecule has 0 N–H and O–H groups in total. The van der Waals surface area contributed by atoms with Crippen molar-refractivity contribution in [3.05, 3.63) is 53.1 Å². The first kappa shape index (κ1) is 17.0. The molecular formula is C17H14ClF2NO2S. The highest BCUT2D eigenvalue weighted by Gasteiger charge is 2.30. The van der Waals surface area contributed by atoms with Gasteiger partial charge < -0.3 is 9.64 Å². The number of hydrogen-bond acceptors (Lipinski definition) is 4. The highest BCUT2D eigenvalue weighted by molar-refractivity contribution is 7.98. The van der Waals surface area contributed by atoms with Gasteiger partial charge in [-0.2, -0.15) is 0 Å². The first-order valence-corrected chi connectivity index (χ1v) is 8.64. The number of hydrogen-bond donors (Lipinski definition) is 0. The molecule has 7 heteroatoms. The van der Waals surface area contributed by atoms with Crippen molar-refractivity contribution in [3.63, 3.8) is 0 Å². The van der Waals surface area contributed by atoms with Crippen LogP contribution in [0.5, 0.6) is 5.75 Å². The van der Waals surface area contributed by atoms with Crippen LogP contribution in [0.15, 0.2) is 47.4 Å². The molecule has 2 aromatic carbocycles. The summed E-state index contributed by atoms with van der Waals surface area (Å²) in [5.74, 6) is 0.369. The predicted octanol–water partition coefficient (Wildman–Crippen LogP) is 4.62. The second kappa shape index (κ2) is 7.40. The molecule has 0 bridgehead atoms. The van der Waals surface area contributed by atoms with Crippen LogP contribution in [0.4, 0.5) is 14.5 Å². The number of nitrogens with zero attached hydrogens (tertiary/aromatic N) is 1. The van der Waals surface area contributed by atoms with Gasteiger partial charge in [-0.15, -0.1) is 11.8 Å². The predicted molar refractivity (Wildman–Crippen MR) is 91.3 cm³/mol. The molecule has 1 aliphatic rings. The van der Waals surface area contributed by atoms with Crippen LogP contribution < -0.4 is 9.64 Å². The Labute approximate surface area is 147 Å². The van der Waals surface area contributed by atoms with Crippen molar-refractivity contribution in [1.82, 2.24) is 0 Å². The number of benzene rings is 2. The van der Waals surface area contributed by atoms with Crippen molar-refractivity contribution in [2.75, 3.05) is 18.0 Å². The number of carbonyl (C=O) groups is 1. The van der Waals surface area contributed by atoms with E-state index in [1.165, 1.54) is 16.7 Å². The summed E-state index contributed by atoms with van der Waals surface area (Å²) in [7, 11) is 0. The van der Waals surface area contributed by atoms with Crippen LogP contribution >= 0.6 is 23.4 Å². The van der Waals surface area contributed by atoms with E-state index in [4.69, 9.17) is 16.3 Å². The molecule has 1 aliphatic heterocycles. The third-order valence-electron chi connectivity index (χ3n) is 3.49. The molecule has 0 spiro atoms. The average Bonchev–Trinajstić information content (AvgIpc) is 2.54. The quantitative estimate of drug-likeness (QED) is 0.437. The fourth-order valence-electron chi connectivity index (χ4n) is 2.47. The van der Waals surface area contributed by atoms with Gasteiger partial charge in [0.05, 0.1) is 16.5 Å². The Bertz CT molecular complexity index is 743. The first-order valence-electron chi connectivity index (χ1n) is 7.27. The van der Waals surface area contributed by atoms with Crippen LogP contribution in [0.3, 0.4) is 0 Å². The average molecular weight is 370 g/mol. The normalized spacial score (nSPS) is 13.8. The number of fused-ring (bicyclic) bond motifs is 1. The van der Waals surface area contributed by atoms with Crippen molar-refractivity contribution in [2.45, 2.75) is 17.1 Å². The summed E-state index contributed by atoms with van der Waals surface area (Å²) in [6.45, 7) is -0.793. The molecule has 3 rings (SSSR count). The number of esters is 1. The number of anilines is 1. The zero-order valence-corrected chi connectivity index (χ0v) is 14.1. The summed E-state index contributed by atoms with van der Waals surface area (Å²) in [6, 6.07) is 13.2. The third-order valence-corrected chi connectivity index (χ3v) is 4.91. The Morgan fingerprint density at radius 3 is 2.67 bits per heavy atom. The molecule has 0 aromatic heterocycles. The molecule has 0 saturated carbocycles. The number of alkyl halides is 2. The van der Waals surface area contributed by atoms with E-state index < -0.39 is 18.9 Å². The molecule has 2 aromatic rings. The Hall–Kier alpha value is -1.79. The van der Waals surface area contributed by atoms with Crippen LogP contribution in [0.25, 0.3) is 0 Å². The van der Waals surface area contributed by atoms with Gasteiger partial charge in [-0.05, 0) is 17.7 Å². The van der Waals surface area contributed by atoms with Gasteiger partial charge in [-0.25, -0.2) is 13.6 Å². The van der Waals surface area contributed by atoms with Crippen LogP contribution in [-0.2, 0) is 10.5 Å². The SMILES string of the molecule is O=C1CN(CC(F)F)c2c(Cl)ccc(SCc3ccccc3)c2O1. The second-order valence-corrected chi connectivity index (χ2v) is 6.67. The molecule has 0 radical (unpaired) electrons. The largest absolute Gasteiger partial charge is 0.422 e. The molecule has 0 atom stereocenters. The minimum Gasteiger partial charge on any atom is -0.422 e. The molecule has 126 valence electrons. The minimum atomic E-state index is -2.57. The lowest BCUT2D eigenvalue weighted by atomic mass is 10.2. The van der Waals surface area contributed by atoms with Crippen LogP contribution in [-0.4, -0.2) is 25.5 Å². The summed E-state index contributed by atoms with van der Waals surface area (Å²) >= 11 is 7.64. The molecule has 1 heterocycles. The smallest absolute Gasteiger partial charge is 0.331 e. The van der Waals surface area contributed by atoms with Gasteiger partial charge in [0.15, 0.2) is 5.75 Å². The molecule has 24 heavy (non-hydrogen) atoms. The Morgan fingerprint density at radius 2 is 1.96 bits per heavy atom. The van der Waals surface area contributed by atoms with E-state index in [0.29, 0.717) is 21.4 Å². The standard InChI is InChI=1S/C17H14ClF2NO2S/c18-12-6-7-13(24-10-11-4-2-1-3-5-11)17-16(12)21(8-14(19)20)9-15(22)23-17/h1-7,14H,8-10H2. The Balaban J connectivity index is 1.90. The number of carbonyl (C=O) groups excluding carboxylic acids is 1. The summed E-state index contributed by atoms with van der Waals surface area (Å²) in [5, 5.41) is 0.294. The van der Waals surface area contributed by atoms with E-state index in [9.17, 15) is 13.6 Å². The van der Waals surface area contributed by atoms with E-state index >= 15 is 0 Å². The summed E-state index contributed by atoms with van der Waals surface area (Å²) < 4.78 is 30.9. The molecular weight excluding hydrogens is 356 g/mol. The Kier molecular flexibility index (Phi) is 5.26. The highest BCUT2D eigenvalue weighted by atomic mass is 35.5. The zero-order valence-electron chi connectivity index (χ0n) is 12.5. The number of thioether (sulfide) groups is 1. The van der Waals surface area contributed by atoms with E-state index in [-0.39, 0.29) is 12.3 Å².